The predicted octanol–water partition coefficient (Wildman–Crippen LogP) is 3.64. The minimum atomic E-state index is -4.51. The lowest BCUT2D eigenvalue weighted by atomic mass is 10.1. The Morgan fingerprint density at radius 2 is 2.19 bits per heavy atom. The number of carbonyl (C=O) groups is 1. The Balaban J connectivity index is 2.07. The molecule has 1 aromatic rings. The maximum Gasteiger partial charge on any atom is 0.416 e. The molecule has 5 nitrogen and oxygen atoms in total. The van der Waals surface area contributed by atoms with Crippen molar-refractivity contribution in [3.8, 4) is 0 Å². The van der Waals surface area contributed by atoms with Gasteiger partial charge in [0.1, 0.15) is 0 Å². The van der Waals surface area contributed by atoms with Crippen molar-refractivity contribution in [2.24, 2.45) is 10.9 Å². The Labute approximate surface area is 150 Å². The second-order valence-corrected chi connectivity index (χ2v) is 6.52. The molecule has 1 fully saturated rings. The normalized spacial score (nSPS) is 18.2. The SMILES string of the molecule is CC(C)COC(=NC[C@@H]1CCCO1)NC(=O)c1cccc(C(F)(F)F)c1. The van der Waals surface area contributed by atoms with Gasteiger partial charge in [-0.2, -0.15) is 13.2 Å². The van der Waals surface area contributed by atoms with Crippen LogP contribution in [-0.4, -0.2) is 37.8 Å². The van der Waals surface area contributed by atoms with Gasteiger partial charge < -0.3 is 9.47 Å². The van der Waals surface area contributed by atoms with Gasteiger partial charge in [-0.3, -0.25) is 10.1 Å². The lowest BCUT2D eigenvalue weighted by molar-refractivity contribution is -0.137. The van der Waals surface area contributed by atoms with Gasteiger partial charge in [-0.1, -0.05) is 19.9 Å². The average molecular weight is 372 g/mol. The second kappa shape index (κ2) is 9.02. The molecule has 8 heteroatoms. The number of carbonyl (C=O) groups excluding carboxylic acids is 1. The fourth-order valence-corrected chi connectivity index (χ4v) is 2.35. The van der Waals surface area contributed by atoms with Crippen LogP contribution in [0.25, 0.3) is 0 Å². The highest BCUT2D eigenvalue weighted by molar-refractivity contribution is 6.04. The van der Waals surface area contributed by atoms with Crippen molar-refractivity contribution in [1.82, 2.24) is 5.32 Å². The number of amidine groups is 1. The minimum Gasteiger partial charge on any atom is -0.465 e. The summed E-state index contributed by atoms with van der Waals surface area (Å²) in [4.78, 5) is 16.5. The molecule has 1 aliphatic heterocycles. The van der Waals surface area contributed by atoms with Gasteiger partial charge in [0, 0.05) is 12.2 Å². The molecule has 144 valence electrons. The molecule has 1 atom stereocenters. The van der Waals surface area contributed by atoms with Crippen LogP contribution in [0.15, 0.2) is 29.3 Å². The molecule has 0 bridgehead atoms. The van der Waals surface area contributed by atoms with Crippen LogP contribution in [0.3, 0.4) is 0 Å². The first-order chi connectivity index (χ1) is 12.3. The number of nitrogens with one attached hydrogen (secondary N) is 1. The summed E-state index contributed by atoms with van der Waals surface area (Å²) in [6.07, 6.45) is -2.71. The van der Waals surface area contributed by atoms with Crippen LogP contribution in [-0.2, 0) is 15.7 Å². The molecule has 1 amide bonds. The Hall–Kier alpha value is -2.09. The number of benzene rings is 1. The zero-order chi connectivity index (χ0) is 19.2. The van der Waals surface area contributed by atoms with Gasteiger partial charge >= 0.3 is 6.18 Å². The van der Waals surface area contributed by atoms with E-state index in [-0.39, 0.29) is 23.6 Å². The van der Waals surface area contributed by atoms with Gasteiger partial charge in [0.05, 0.1) is 24.8 Å². The number of hydrogen-bond acceptors (Lipinski definition) is 4. The van der Waals surface area contributed by atoms with E-state index < -0.39 is 17.6 Å². The van der Waals surface area contributed by atoms with E-state index in [1.165, 1.54) is 12.1 Å². The van der Waals surface area contributed by atoms with Crippen LogP contribution in [0.5, 0.6) is 0 Å². The van der Waals surface area contributed by atoms with Crippen molar-refractivity contribution < 1.29 is 27.4 Å². The van der Waals surface area contributed by atoms with Crippen molar-refractivity contribution in [3.63, 3.8) is 0 Å². The fraction of sp³-hybridized carbons (Fsp3) is 0.556. The number of aliphatic imine (C=N–C) groups is 1. The molecule has 0 aliphatic carbocycles. The number of hydrogen-bond donors (Lipinski definition) is 1. The van der Waals surface area contributed by atoms with E-state index in [9.17, 15) is 18.0 Å². The van der Waals surface area contributed by atoms with Crippen LogP contribution in [0.1, 0.15) is 42.6 Å². The van der Waals surface area contributed by atoms with E-state index in [0.717, 1.165) is 25.0 Å². The predicted molar refractivity (Wildman–Crippen MR) is 91.0 cm³/mol. The first kappa shape index (κ1) is 20.2. The summed E-state index contributed by atoms with van der Waals surface area (Å²) in [5, 5.41) is 2.46. The maximum absolute atomic E-state index is 12.8. The molecule has 0 spiro atoms. The number of alkyl halides is 3. The summed E-state index contributed by atoms with van der Waals surface area (Å²) in [6.45, 7) is 5.21. The van der Waals surface area contributed by atoms with E-state index >= 15 is 0 Å². The number of ether oxygens (including phenoxy) is 2. The largest absolute Gasteiger partial charge is 0.465 e. The summed E-state index contributed by atoms with van der Waals surface area (Å²) in [7, 11) is 0. The summed E-state index contributed by atoms with van der Waals surface area (Å²) < 4.78 is 49.4. The number of nitrogens with zero attached hydrogens (tertiary/aromatic N) is 1. The van der Waals surface area contributed by atoms with E-state index in [1.807, 2.05) is 13.8 Å². The van der Waals surface area contributed by atoms with Crippen LogP contribution < -0.4 is 5.32 Å². The molecule has 0 aromatic heterocycles. The first-order valence-electron chi connectivity index (χ1n) is 8.53. The summed E-state index contributed by atoms with van der Waals surface area (Å²) in [5.41, 5.74) is -0.996. The molecule has 0 radical (unpaired) electrons. The van der Waals surface area contributed by atoms with Gasteiger partial charge in [0.25, 0.3) is 11.9 Å². The van der Waals surface area contributed by atoms with Crippen LogP contribution >= 0.6 is 0 Å². The Kier molecular flexibility index (Phi) is 7.02. The van der Waals surface area contributed by atoms with Gasteiger partial charge in [-0.05, 0) is 37.0 Å². The van der Waals surface area contributed by atoms with Crippen LogP contribution in [0.2, 0.25) is 0 Å². The van der Waals surface area contributed by atoms with E-state index in [1.54, 1.807) is 0 Å². The highest BCUT2D eigenvalue weighted by atomic mass is 19.4. The van der Waals surface area contributed by atoms with Gasteiger partial charge in [0.2, 0.25) is 0 Å². The topological polar surface area (TPSA) is 59.9 Å². The lowest BCUT2D eigenvalue weighted by Crippen LogP contribution is -2.34. The highest BCUT2D eigenvalue weighted by Gasteiger charge is 2.31. The molecular weight excluding hydrogens is 349 g/mol. The van der Waals surface area contributed by atoms with Crippen LogP contribution in [0, 0.1) is 5.92 Å². The average Bonchev–Trinajstić information content (AvgIpc) is 3.10. The molecule has 0 saturated carbocycles. The first-order valence-corrected chi connectivity index (χ1v) is 8.53. The Morgan fingerprint density at radius 3 is 2.81 bits per heavy atom. The fourth-order valence-electron chi connectivity index (χ4n) is 2.35. The van der Waals surface area contributed by atoms with Crippen molar-refractivity contribution >= 4 is 11.9 Å². The highest BCUT2D eigenvalue weighted by Crippen LogP contribution is 2.29. The monoisotopic (exact) mass is 372 g/mol. The molecule has 2 rings (SSSR count). The number of halogens is 3. The zero-order valence-electron chi connectivity index (χ0n) is 14.8. The van der Waals surface area contributed by atoms with Crippen molar-refractivity contribution in [3.05, 3.63) is 35.4 Å². The van der Waals surface area contributed by atoms with E-state index in [0.29, 0.717) is 19.8 Å². The summed E-state index contributed by atoms with van der Waals surface area (Å²) >= 11 is 0. The third-order valence-corrected chi connectivity index (χ3v) is 3.69. The van der Waals surface area contributed by atoms with Crippen molar-refractivity contribution in [2.45, 2.75) is 39.0 Å². The zero-order valence-corrected chi connectivity index (χ0v) is 14.8. The van der Waals surface area contributed by atoms with Gasteiger partial charge in [-0.25, -0.2) is 4.99 Å². The standard InChI is InChI=1S/C18H23F3N2O3/c1-12(2)11-26-17(22-10-15-7-4-8-25-15)23-16(24)13-5-3-6-14(9-13)18(19,20)21/h3,5-6,9,12,15H,4,7-8,10-11H2,1-2H3,(H,22,23,24)/t15-/m0/s1. The third kappa shape index (κ3) is 6.33. The molecule has 0 unspecified atom stereocenters. The molecule has 26 heavy (non-hydrogen) atoms. The summed E-state index contributed by atoms with van der Waals surface area (Å²) in [5.74, 6) is -0.501. The molecule has 1 aliphatic rings. The maximum atomic E-state index is 12.8. The van der Waals surface area contributed by atoms with Gasteiger partial charge in [0.15, 0.2) is 0 Å². The molecule has 1 aromatic carbocycles. The molecular formula is C18H23F3N2O3. The quantitative estimate of drug-likeness (QED) is 0.634. The number of amides is 1. The molecule has 1 saturated heterocycles. The molecule has 1 heterocycles. The summed E-state index contributed by atoms with van der Waals surface area (Å²) in [6, 6.07) is 4.21. The third-order valence-electron chi connectivity index (χ3n) is 3.69. The van der Waals surface area contributed by atoms with Gasteiger partial charge in [-0.15, -0.1) is 0 Å². The molecule has 1 N–H and O–H groups in total. The smallest absolute Gasteiger partial charge is 0.416 e. The second-order valence-electron chi connectivity index (χ2n) is 6.52. The minimum absolute atomic E-state index is 0.00314. The lowest BCUT2D eigenvalue weighted by Gasteiger charge is -2.14. The Morgan fingerprint density at radius 1 is 1.42 bits per heavy atom. The van der Waals surface area contributed by atoms with E-state index in [2.05, 4.69) is 10.3 Å². The Bertz CT molecular complexity index is 639. The van der Waals surface area contributed by atoms with Crippen molar-refractivity contribution in [2.75, 3.05) is 19.8 Å². The van der Waals surface area contributed by atoms with Crippen LogP contribution in [0.4, 0.5) is 13.2 Å². The van der Waals surface area contributed by atoms with E-state index in [4.69, 9.17) is 9.47 Å². The number of rotatable bonds is 5. The van der Waals surface area contributed by atoms with Crippen molar-refractivity contribution in [1.29, 1.82) is 0 Å².